The van der Waals surface area contributed by atoms with Gasteiger partial charge in [0.05, 0.1) is 12.2 Å². The van der Waals surface area contributed by atoms with Crippen molar-refractivity contribution in [2.24, 2.45) is 5.92 Å². The Morgan fingerprint density at radius 2 is 2.08 bits per heavy atom. The lowest BCUT2D eigenvalue weighted by atomic mass is 9.97. The highest BCUT2D eigenvalue weighted by molar-refractivity contribution is 5.92. The Hall–Kier alpha value is -2.63. The summed E-state index contributed by atoms with van der Waals surface area (Å²) in [6.45, 7) is 3.15. The molecule has 0 radical (unpaired) electrons. The number of piperidine rings is 1. The largest absolute Gasteiger partial charge is 0.469 e. The number of hydrogen-bond acceptors (Lipinski definition) is 5. The number of carbonyl (C=O) groups is 2. The Kier molecular flexibility index (Phi) is 4.93. The van der Waals surface area contributed by atoms with Crippen molar-refractivity contribution in [2.75, 3.05) is 13.1 Å². The summed E-state index contributed by atoms with van der Waals surface area (Å²) in [6.07, 6.45) is 4.42. The zero-order valence-electron chi connectivity index (χ0n) is 13.6. The zero-order valence-corrected chi connectivity index (χ0v) is 13.6. The molecule has 3 heterocycles. The molecule has 2 aromatic heterocycles. The second kappa shape index (κ2) is 7.29. The number of esters is 1. The number of amides is 1. The van der Waals surface area contributed by atoms with Crippen molar-refractivity contribution in [3.8, 4) is 0 Å². The molecular formula is C18H20N2O4. The standard InChI is InChI=1S/C18H20N2O4/c1-13-15(7-11-23-13)12-24-18(22)14-5-9-20(10-6-14)17(21)16-4-2-3-8-19-16/h2-4,7-8,11,14H,5-6,9-10,12H2,1H3. The SMILES string of the molecule is Cc1occc1COC(=O)C1CCN(C(=O)c2ccccn2)CC1. The number of carbonyl (C=O) groups excluding carboxylic acids is 2. The molecule has 3 rings (SSSR count). The average Bonchev–Trinajstić information content (AvgIpc) is 3.05. The summed E-state index contributed by atoms with van der Waals surface area (Å²) in [4.78, 5) is 30.3. The number of nitrogens with zero attached hydrogens (tertiary/aromatic N) is 2. The van der Waals surface area contributed by atoms with E-state index in [-0.39, 0.29) is 24.4 Å². The van der Waals surface area contributed by atoms with Gasteiger partial charge in [-0.25, -0.2) is 0 Å². The molecule has 1 fully saturated rings. The maximum Gasteiger partial charge on any atom is 0.309 e. The van der Waals surface area contributed by atoms with Gasteiger partial charge in [-0.05, 0) is 38.0 Å². The number of pyridine rings is 1. The second-order valence-electron chi connectivity index (χ2n) is 5.89. The van der Waals surface area contributed by atoms with Crippen LogP contribution in [0.25, 0.3) is 0 Å². The Labute approximate surface area is 140 Å². The van der Waals surface area contributed by atoms with Crippen LogP contribution < -0.4 is 0 Å². The number of aryl methyl sites for hydroxylation is 1. The molecule has 0 aliphatic carbocycles. The molecule has 0 aromatic carbocycles. The first-order valence-electron chi connectivity index (χ1n) is 8.05. The lowest BCUT2D eigenvalue weighted by molar-refractivity contribution is -0.151. The van der Waals surface area contributed by atoms with Crippen LogP contribution in [-0.4, -0.2) is 34.8 Å². The predicted molar refractivity (Wildman–Crippen MR) is 86.1 cm³/mol. The van der Waals surface area contributed by atoms with E-state index in [1.54, 1.807) is 41.6 Å². The number of rotatable bonds is 4. The van der Waals surface area contributed by atoms with Crippen LogP contribution in [0, 0.1) is 12.8 Å². The average molecular weight is 328 g/mol. The van der Waals surface area contributed by atoms with E-state index in [2.05, 4.69) is 4.98 Å². The van der Waals surface area contributed by atoms with E-state index in [1.807, 2.05) is 6.92 Å². The van der Waals surface area contributed by atoms with Crippen molar-refractivity contribution in [1.82, 2.24) is 9.88 Å². The topological polar surface area (TPSA) is 72.6 Å². The zero-order chi connectivity index (χ0) is 16.9. The summed E-state index contributed by atoms with van der Waals surface area (Å²) in [5.41, 5.74) is 1.32. The highest BCUT2D eigenvalue weighted by atomic mass is 16.5. The van der Waals surface area contributed by atoms with Gasteiger partial charge in [0.25, 0.3) is 5.91 Å². The van der Waals surface area contributed by atoms with Crippen LogP contribution >= 0.6 is 0 Å². The fourth-order valence-corrected chi connectivity index (χ4v) is 2.80. The van der Waals surface area contributed by atoms with Gasteiger partial charge in [0.1, 0.15) is 18.1 Å². The van der Waals surface area contributed by atoms with E-state index in [4.69, 9.17) is 9.15 Å². The third-order valence-electron chi connectivity index (χ3n) is 4.34. The number of hydrogen-bond donors (Lipinski definition) is 0. The Morgan fingerprint density at radius 3 is 2.71 bits per heavy atom. The summed E-state index contributed by atoms with van der Waals surface area (Å²) in [5.74, 6) is 0.306. The molecule has 6 heteroatoms. The van der Waals surface area contributed by atoms with Gasteiger partial charge in [0.15, 0.2) is 0 Å². The van der Waals surface area contributed by atoms with Gasteiger partial charge in [0.2, 0.25) is 0 Å². The van der Waals surface area contributed by atoms with Crippen molar-refractivity contribution in [3.05, 3.63) is 53.7 Å². The maximum atomic E-state index is 12.3. The van der Waals surface area contributed by atoms with Crippen molar-refractivity contribution < 1.29 is 18.7 Å². The molecule has 0 N–H and O–H groups in total. The van der Waals surface area contributed by atoms with Crippen molar-refractivity contribution >= 4 is 11.9 Å². The van der Waals surface area contributed by atoms with Gasteiger partial charge >= 0.3 is 5.97 Å². The van der Waals surface area contributed by atoms with Crippen LogP contribution in [0.5, 0.6) is 0 Å². The molecule has 24 heavy (non-hydrogen) atoms. The van der Waals surface area contributed by atoms with Gasteiger partial charge < -0.3 is 14.1 Å². The van der Waals surface area contributed by atoms with Crippen molar-refractivity contribution in [1.29, 1.82) is 0 Å². The summed E-state index contributed by atoms with van der Waals surface area (Å²) in [5, 5.41) is 0. The highest BCUT2D eigenvalue weighted by Gasteiger charge is 2.29. The van der Waals surface area contributed by atoms with Gasteiger partial charge in [-0.15, -0.1) is 0 Å². The second-order valence-corrected chi connectivity index (χ2v) is 5.89. The third-order valence-corrected chi connectivity index (χ3v) is 4.34. The first-order valence-corrected chi connectivity index (χ1v) is 8.05. The molecule has 0 atom stereocenters. The number of ether oxygens (including phenoxy) is 1. The monoisotopic (exact) mass is 328 g/mol. The van der Waals surface area contributed by atoms with Crippen LogP contribution in [0.3, 0.4) is 0 Å². The fourth-order valence-electron chi connectivity index (χ4n) is 2.80. The molecule has 1 saturated heterocycles. The fraction of sp³-hybridized carbons (Fsp3) is 0.389. The molecule has 0 spiro atoms. The smallest absolute Gasteiger partial charge is 0.309 e. The van der Waals surface area contributed by atoms with E-state index in [0.29, 0.717) is 31.6 Å². The molecule has 0 saturated carbocycles. The minimum absolute atomic E-state index is 0.0866. The Balaban J connectivity index is 1.49. The van der Waals surface area contributed by atoms with Gasteiger partial charge in [-0.3, -0.25) is 14.6 Å². The molecule has 1 aliphatic rings. The van der Waals surface area contributed by atoms with E-state index >= 15 is 0 Å². The van der Waals surface area contributed by atoms with Gasteiger partial charge in [0, 0.05) is 24.8 Å². The van der Waals surface area contributed by atoms with Crippen LogP contribution in [0.2, 0.25) is 0 Å². The minimum atomic E-state index is -0.208. The van der Waals surface area contributed by atoms with Crippen LogP contribution in [-0.2, 0) is 16.1 Å². The van der Waals surface area contributed by atoms with E-state index in [9.17, 15) is 9.59 Å². The molecule has 0 unspecified atom stereocenters. The normalized spacial score (nSPS) is 15.3. The molecule has 0 bridgehead atoms. The molecule has 6 nitrogen and oxygen atoms in total. The molecular weight excluding hydrogens is 308 g/mol. The highest BCUT2D eigenvalue weighted by Crippen LogP contribution is 2.21. The molecule has 2 aromatic rings. The Bertz CT molecular complexity index is 703. The molecule has 1 aliphatic heterocycles. The van der Waals surface area contributed by atoms with E-state index in [1.165, 1.54) is 0 Å². The lowest BCUT2D eigenvalue weighted by Gasteiger charge is -2.30. The van der Waals surface area contributed by atoms with Crippen LogP contribution in [0.15, 0.2) is 41.1 Å². The molecule has 1 amide bonds. The quantitative estimate of drug-likeness (QED) is 0.807. The molecule has 126 valence electrons. The summed E-state index contributed by atoms with van der Waals surface area (Å²) < 4.78 is 10.6. The van der Waals surface area contributed by atoms with E-state index in [0.717, 1.165) is 11.3 Å². The summed E-state index contributed by atoms with van der Waals surface area (Å²) in [6, 6.07) is 7.08. The Morgan fingerprint density at radius 1 is 1.29 bits per heavy atom. The third kappa shape index (κ3) is 3.64. The van der Waals surface area contributed by atoms with E-state index < -0.39 is 0 Å². The van der Waals surface area contributed by atoms with Gasteiger partial charge in [-0.2, -0.15) is 0 Å². The van der Waals surface area contributed by atoms with Crippen LogP contribution in [0.4, 0.5) is 0 Å². The number of likely N-dealkylation sites (tertiary alicyclic amines) is 1. The minimum Gasteiger partial charge on any atom is -0.469 e. The number of furan rings is 1. The van der Waals surface area contributed by atoms with Crippen LogP contribution in [0.1, 0.15) is 34.7 Å². The lowest BCUT2D eigenvalue weighted by Crippen LogP contribution is -2.40. The number of aromatic nitrogens is 1. The first-order chi connectivity index (χ1) is 11.6. The van der Waals surface area contributed by atoms with Crippen molar-refractivity contribution in [2.45, 2.75) is 26.4 Å². The first kappa shape index (κ1) is 16.2. The van der Waals surface area contributed by atoms with Gasteiger partial charge in [-0.1, -0.05) is 6.07 Å². The van der Waals surface area contributed by atoms with Crippen molar-refractivity contribution in [3.63, 3.8) is 0 Å². The predicted octanol–water partition coefficient (Wildman–Crippen LogP) is 2.58. The maximum absolute atomic E-state index is 12.3. The summed E-state index contributed by atoms with van der Waals surface area (Å²) >= 11 is 0. The summed E-state index contributed by atoms with van der Waals surface area (Å²) in [7, 11) is 0.